The maximum absolute atomic E-state index is 12.8. The number of hydrogen-bond acceptors (Lipinski definition) is 8. The van der Waals surface area contributed by atoms with E-state index in [4.69, 9.17) is 18.9 Å². The van der Waals surface area contributed by atoms with Gasteiger partial charge in [0, 0.05) is 17.3 Å². The summed E-state index contributed by atoms with van der Waals surface area (Å²) in [4.78, 5) is 38.7. The molecular formula is C23H24N2O7S. The zero-order valence-electron chi connectivity index (χ0n) is 18.7. The summed E-state index contributed by atoms with van der Waals surface area (Å²) in [7, 11) is 4.47. The van der Waals surface area contributed by atoms with Gasteiger partial charge in [0.05, 0.1) is 32.8 Å². The SMILES string of the molecule is CCOc1ccc(NC(=O)CN2C(=O)S/C(=C/c3cc(OC)c(OC)cc3OC)C2=O)cc1. The Bertz CT molecular complexity index is 1080. The van der Waals surface area contributed by atoms with E-state index in [1.165, 1.54) is 27.4 Å². The van der Waals surface area contributed by atoms with Crippen LogP contribution < -0.4 is 24.3 Å². The average Bonchev–Trinajstić information content (AvgIpc) is 3.07. The van der Waals surface area contributed by atoms with Crippen LogP contribution in [-0.4, -0.2) is 56.4 Å². The first-order valence-corrected chi connectivity index (χ1v) is 10.8. The van der Waals surface area contributed by atoms with Crippen molar-refractivity contribution in [2.45, 2.75) is 6.92 Å². The normalized spacial score (nSPS) is 14.4. The van der Waals surface area contributed by atoms with Gasteiger partial charge in [0.15, 0.2) is 11.5 Å². The van der Waals surface area contributed by atoms with Crippen LogP contribution in [0.4, 0.5) is 10.5 Å². The summed E-state index contributed by atoms with van der Waals surface area (Å²) in [5.41, 5.74) is 1.06. The lowest BCUT2D eigenvalue weighted by Gasteiger charge is -2.13. The molecule has 1 aliphatic heterocycles. The summed E-state index contributed by atoms with van der Waals surface area (Å²) in [6.45, 7) is 2.01. The maximum atomic E-state index is 12.8. The van der Waals surface area contributed by atoms with E-state index in [0.29, 0.717) is 40.9 Å². The van der Waals surface area contributed by atoms with Crippen molar-refractivity contribution in [3.8, 4) is 23.0 Å². The quantitative estimate of drug-likeness (QED) is 0.550. The number of carbonyl (C=O) groups excluding carboxylic acids is 3. The second-order valence-corrected chi connectivity index (χ2v) is 7.72. The minimum Gasteiger partial charge on any atom is -0.496 e. The van der Waals surface area contributed by atoms with Crippen molar-refractivity contribution in [1.29, 1.82) is 0 Å². The van der Waals surface area contributed by atoms with Gasteiger partial charge in [-0.2, -0.15) is 0 Å². The number of rotatable bonds is 9. The molecule has 0 radical (unpaired) electrons. The van der Waals surface area contributed by atoms with Crippen LogP contribution in [0.1, 0.15) is 12.5 Å². The number of benzene rings is 2. The second-order valence-electron chi connectivity index (χ2n) is 6.72. The molecule has 1 heterocycles. The van der Waals surface area contributed by atoms with Crippen LogP contribution in [-0.2, 0) is 9.59 Å². The Morgan fingerprint density at radius 1 is 1.00 bits per heavy atom. The highest BCUT2D eigenvalue weighted by molar-refractivity contribution is 8.18. The predicted molar refractivity (Wildman–Crippen MR) is 125 cm³/mol. The lowest BCUT2D eigenvalue weighted by molar-refractivity contribution is -0.127. The molecule has 0 spiro atoms. The van der Waals surface area contributed by atoms with Crippen molar-refractivity contribution < 1.29 is 33.3 Å². The summed E-state index contributed by atoms with van der Waals surface area (Å²) in [6.07, 6.45) is 1.52. The fraction of sp³-hybridized carbons (Fsp3) is 0.261. The molecule has 0 atom stereocenters. The third kappa shape index (κ3) is 5.58. The molecule has 174 valence electrons. The Morgan fingerprint density at radius 3 is 2.24 bits per heavy atom. The third-order valence-corrected chi connectivity index (χ3v) is 5.55. The van der Waals surface area contributed by atoms with E-state index in [2.05, 4.69) is 5.32 Å². The van der Waals surface area contributed by atoms with Crippen molar-refractivity contribution in [3.05, 3.63) is 46.9 Å². The molecule has 9 nitrogen and oxygen atoms in total. The van der Waals surface area contributed by atoms with E-state index < -0.39 is 23.6 Å². The standard InChI is InChI=1S/C23H24N2O7S/c1-5-32-16-8-6-15(7-9-16)24-21(26)13-25-22(27)20(33-23(25)28)11-14-10-18(30-3)19(31-4)12-17(14)29-2/h6-12H,5,13H2,1-4H3,(H,24,26)/b20-11+. The number of ether oxygens (including phenoxy) is 4. The second kappa shape index (κ2) is 10.8. The number of carbonyl (C=O) groups is 3. The highest BCUT2D eigenvalue weighted by Crippen LogP contribution is 2.38. The topological polar surface area (TPSA) is 103 Å². The van der Waals surface area contributed by atoms with Gasteiger partial charge in [0.1, 0.15) is 18.0 Å². The van der Waals surface area contributed by atoms with Gasteiger partial charge in [-0.25, -0.2) is 0 Å². The molecule has 1 N–H and O–H groups in total. The summed E-state index contributed by atoms with van der Waals surface area (Å²) in [5, 5.41) is 2.14. The van der Waals surface area contributed by atoms with Crippen LogP contribution >= 0.6 is 11.8 Å². The van der Waals surface area contributed by atoms with Gasteiger partial charge in [-0.3, -0.25) is 19.3 Å². The zero-order valence-corrected chi connectivity index (χ0v) is 19.5. The van der Waals surface area contributed by atoms with Crippen molar-refractivity contribution in [1.82, 2.24) is 4.90 Å². The number of thioether (sulfide) groups is 1. The van der Waals surface area contributed by atoms with Crippen LogP contribution in [0, 0.1) is 0 Å². The number of methoxy groups -OCH3 is 3. The zero-order chi connectivity index (χ0) is 24.0. The summed E-state index contributed by atoms with van der Waals surface area (Å²) >= 11 is 0.749. The van der Waals surface area contributed by atoms with Crippen molar-refractivity contribution in [2.24, 2.45) is 0 Å². The van der Waals surface area contributed by atoms with Gasteiger partial charge in [0.2, 0.25) is 5.91 Å². The molecule has 3 amide bonds. The molecule has 0 aromatic heterocycles. The fourth-order valence-corrected chi connectivity index (χ4v) is 3.92. The Labute approximate surface area is 195 Å². The van der Waals surface area contributed by atoms with Crippen molar-refractivity contribution in [3.63, 3.8) is 0 Å². The number of nitrogens with zero attached hydrogens (tertiary/aromatic N) is 1. The molecule has 33 heavy (non-hydrogen) atoms. The molecule has 3 rings (SSSR count). The van der Waals surface area contributed by atoms with Gasteiger partial charge in [-0.15, -0.1) is 0 Å². The minimum atomic E-state index is -0.566. The first-order valence-electron chi connectivity index (χ1n) is 9.98. The molecule has 2 aromatic rings. The first kappa shape index (κ1) is 24.0. The molecule has 0 saturated carbocycles. The number of nitrogens with one attached hydrogen (secondary N) is 1. The highest BCUT2D eigenvalue weighted by Gasteiger charge is 2.36. The molecule has 1 aliphatic rings. The average molecular weight is 473 g/mol. The number of imide groups is 1. The molecule has 1 saturated heterocycles. The van der Waals surface area contributed by atoms with E-state index >= 15 is 0 Å². The molecule has 2 aromatic carbocycles. The predicted octanol–water partition coefficient (Wildman–Crippen LogP) is 3.79. The molecule has 1 fully saturated rings. The Kier molecular flexibility index (Phi) is 7.83. The van der Waals surface area contributed by atoms with Crippen LogP contribution in [0.15, 0.2) is 41.3 Å². The van der Waals surface area contributed by atoms with Crippen LogP contribution in [0.5, 0.6) is 23.0 Å². The van der Waals surface area contributed by atoms with E-state index in [9.17, 15) is 14.4 Å². The lowest BCUT2D eigenvalue weighted by Crippen LogP contribution is -2.36. The smallest absolute Gasteiger partial charge is 0.294 e. The summed E-state index contributed by atoms with van der Waals surface area (Å²) in [5.74, 6) is 0.962. The number of hydrogen-bond donors (Lipinski definition) is 1. The summed E-state index contributed by atoms with van der Waals surface area (Å²) < 4.78 is 21.3. The van der Waals surface area contributed by atoms with Crippen molar-refractivity contribution >= 4 is 40.6 Å². The van der Waals surface area contributed by atoms with E-state index in [1.807, 2.05) is 6.92 Å². The van der Waals surface area contributed by atoms with Gasteiger partial charge in [-0.1, -0.05) is 0 Å². The molecule has 0 unspecified atom stereocenters. The van der Waals surface area contributed by atoms with Crippen LogP contribution in [0.2, 0.25) is 0 Å². The molecule has 0 aliphatic carbocycles. The van der Waals surface area contributed by atoms with Crippen molar-refractivity contribution in [2.75, 3.05) is 39.8 Å². The van der Waals surface area contributed by atoms with Crippen LogP contribution in [0.3, 0.4) is 0 Å². The Hall–Kier alpha value is -3.66. The number of anilines is 1. The lowest BCUT2D eigenvalue weighted by atomic mass is 10.1. The highest BCUT2D eigenvalue weighted by atomic mass is 32.2. The fourth-order valence-electron chi connectivity index (χ4n) is 3.09. The third-order valence-electron chi connectivity index (χ3n) is 4.65. The minimum absolute atomic E-state index is 0.166. The molecule has 0 bridgehead atoms. The first-order chi connectivity index (χ1) is 15.9. The van der Waals surface area contributed by atoms with Gasteiger partial charge in [-0.05, 0) is 55.1 Å². The van der Waals surface area contributed by atoms with E-state index in [-0.39, 0.29) is 4.91 Å². The monoisotopic (exact) mass is 472 g/mol. The van der Waals surface area contributed by atoms with E-state index in [1.54, 1.807) is 36.4 Å². The molecular weight excluding hydrogens is 448 g/mol. The van der Waals surface area contributed by atoms with E-state index in [0.717, 1.165) is 16.7 Å². The number of amides is 3. The maximum Gasteiger partial charge on any atom is 0.294 e. The van der Waals surface area contributed by atoms with Gasteiger partial charge >= 0.3 is 0 Å². The van der Waals surface area contributed by atoms with Crippen LogP contribution in [0.25, 0.3) is 6.08 Å². The largest absolute Gasteiger partial charge is 0.496 e. The van der Waals surface area contributed by atoms with Gasteiger partial charge in [0.25, 0.3) is 11.1 Å². The Balaban J connectivity index is 1.74. The summed E-state index contributed by atoms with van der Waals surface area (Å²) in [6, 6.07) is 10.1. The Morgan fingerprint density at radius 2 is 1.64 bits per heavy atom. The molecule has 10 heteroatoms. The van der Waals surface area contributed by atoms with Gasteiger partial charge < -0.3 is 24.3 Å².